The van der Waals surface area contributed by atoms with E-state index < -0.39 is 0 Å². The fraction of sp³-hybridized carbons (Fsp3) is 0.263. The van der Waals surface area contributed by atoms with E-state index >= 15 is 0 Å². The summed E-state index contributed by atoms with van der Waals surface area (Å²) in [5.74, 6) is 0.439. The first-order valence-corrected chi connectivity index (χ1v) is 8.91. The van der Waals surface area contributed by atoms with Crippen LogP contribution in [0.1, 0.15) is 24.9 Å². The smallest absolute Gasteiger partial charge is 0.265 e. The molecule has 1 heterocycles. The van der Waals surface area contributed by atoms with Gasteiger partial charge in [0.25, 0.3) is 5.91 Å². The van der Waals surface area contributed by atoms with Gasteiger partial charge in [-0.1, -0.05) is 46.3 Å². The fourth-order valence-corrected chi connectivity index (χ4v) is 3.46. The van der Waals surface area contributed by atoms with Crippen molar-refractivity contribution < 1.29 is 14.3 Å². The molecule has 1 aliphatic rings. The number of para-hydroxylation sites is 2. The summed E-state index contributed by atoms with van der Waals surface area (Å²) in [5.41, 5.74) is 1.73. The Bertz CT molecular complexity index is 794. The zero-order valence-corrected chi connectivity index (χ0v) is 15.5. The summed E-state index contributed by atoms with van der Waals surface area (Å²) in [7, 11) is 0. The first kappa shape index (κ1) is 17.5. The first-order valence-electron chi connectivity index (χ1n) is 8.12. The van der Waals surface area contributed by atoms with Crippen LogP contribution in [-0.2, 0) is 9.59 Å². The van der Waals surface area contributed by atoms with Gasteiger partial charge in [-0.15, -0.1) is 0 Å². The van der Waals surface area contributed by atoms with Gasteiger partial charge in [-0.2, -0.15) is 0 Å². The third kappa shape index (κ3) is 4.02. The van der Waals surface area contributed by atoms with Crippen molar-refractivity contribution >= 4 is 33.4 Å². The summed E-state index contributed by atoms with van der Waals surface area (Å²) in [4.78, 5) is 26.0. The Morgan fingerprint density at radius 1 is 1.24 bits per heavy atom. The number of amides is 2. The van der Waals surface area contributed by atoms with Gasteiger partial charge in [0.2, 0.25) is 5.91 Å². The maximum atomic E-state index is 12.3. The summed E-state index contributed by atoms with van der Waals surface area (Å²) in [6.45, 7) is 2.27. The zero-order valence-electron chi connectivity index (χ0n) is 13.9. The molecular weight excluding hydrogens is 384 g/mol. The van der Waals surface area contributed by atoms with Gasteiger partial charge in [0.15, 0.2) is 6.61 Å². The number of ether oxygens (including phenoxy) is 1. The number of nitrogens with zero attached hydrogens (tertiary/aromatic N) is 1. The van der Waals surface area contributed by atoms with E-state index in [-0.39, 0.29) is 30.9 Å². The number of rotatable bonds is 5. The Kier molecular flexibility index (Phi) is 5.38. The van der Waals surface area contributed by atoms with Crippen LogP contribution in [0.25, 0.3) is 0 Å². The molecular formula is C19H19BrN2O3. The van der Waals surface area contributed by atoms with Crippen LogP contribution in [0.15, 0.2) is 53.0 Å². The van der Waals surface area contributed by atoms with Crippen LogP contribution >= 0.6 is 15.9 Å². The van der Waals surface area contributed by atoms with Gasteiger partial charge in [0.05, 0.1) is 11.7 Å². The summed E-state index contributed by atoms with van der Waals surface area (Å²) in [5, 5.41) is 2.98. The Morgan fingerprint density at radius 3 is 2.76 bits per heavy atom. The minimum atomic E-state index is -0.134. The summed E-state index contributed by atoms with van der Waals surface area (Å²) in [6.07, 6.45) is 0.231. The highest BCUT2D eigenvalue weighted by Gasteiger charge is 2.25. The lowest BCUT2D eigenvalue weighted by Gasteiger charge is -2.29. The molecule has 0 spiro atoms. The van der Waals surface area contributed by atoms with E-state index in [0.29, 0.717) is 18.0 Å². The van der Waals surface area contributed by atoms with Crippen LogP contribution in [0, 0.1) is 0 Å². The molecule has 0 radical (unpaired) electrons. The number of carbonyl (C=O) groups excluding carboxylic acids is 2. The van der Waals surface area contributed by atoms with Crippen LogP contribution in [0.2, 0.25) is 0 Å². The Hall–Kier alpha value is -2.34. The molecule has 25 heavy (non-hydrogen) atoms. The van der Waals surface area contributed by atoms with Gasteiger partial charge in [0.1, 0.15) is 5.75 Å². The van der Waals surface area contributed by atoms with Crippen LogP contribution in [0.5, 0.6) is 5.75 Å². The molecule has 0 fully saturated rings. The van der Waals surface area contributed by atoms with Gasteiger partial charge in [-0.25, -0.2) is 0 Å². The lowest BCUT2D eigenvalue weighted by molar-refractivity contribution is -0.122. The van der Waals surface area contributed by atoms with Crippen LogP contribution in [0.4, 0.5) is 5.69 Å². The van der Waals surface area contributed by atoms with Gasteiger partial charge in [0, 0.05) is 17.4 Å². The summed E-state index contributed by atoms with van der Waals surface area (Å²) >= 11 is 3.50. The highest BCUT2D eigenvalue weighted by Crippen LogP contribution is 2.31. The third-order valence-electron chi connectivity index (χ3n) is 4.12. The number of halogens is 1. The number of carbonyl (C=O) groups is 2. The molecule has 5 nitrogen and oxygen atoms in total. The van der Waals surface area contributed by atoms with Crippen molar-refractivity contribution in [1.29, 1.82) is 0 Å². The lowest BCUT2D eigenvalue weighted by atomic mass is 10.1. The predicted octanol–water partition coefficient (Wildman–Crippen LogP) is 3.44. The van der Waals surface area contributed by atoms with E-state index in [1.54, 1.807) is 4.90 Å². The van der Waals surface area contributed by atoms with Crippen molar-refractivity contribution in [3.05, 3.63) is 58.6 Å². The Labute approximate surface area is 155 Å². The molecule has 1 N–H and O–H groups in total. The molecule has 0 bridgehead atoms. The van der Waals surface area contributed by atoms with E-state index in [1.165, 1.54) is 0 Å². The van der Waals surface area contributed by atoms with E-state index in [9.17, 15) is 9.59 Å². The van der Waals surface area contributed by atoms with Crippen molar-refractivity contribution in [3.8, 4) is 5.75 Å². The van der Waals surface area contributed by atoms with Gasteiger partial charge >= 0.3 is 0 Å². The number of anilines is 1. The molecule has 130 valence electrons. The molecule has 2 amide bonds. The van der Waals surface area contributed by atoms with E-state index in [4.69, 9.17) is 4.74 Å². The molecule has 1 unspecified atom stereocenters. The van der Waals surface area contributed by atoms with E-state index in [2.05, 4.69) is 21.2 Å². The maximum absolute atomic E-state index is 12.3. The third-order valence-corrected chi connectivity index (χ3v) is 4.84. The maximum Gasteiger partial charge on any atom is 0.265 e. The van der Waals surface area contributed by atoms with E-state index in [0.717, 1.165) is 10.0 Å². The van der Waals surface area contributed by atoms with Crippen molar-refractivity contribution in [2.75, 3.05) is 18.1 Å². The van der Waals surface area contributed by atoms with Crippen molar-refractivity contribution in [2.24, 2.45) is 0 Å². The highest BCUT2D eigenvalue weighted by atomic mass is 79.9. The minimum Gasteiger partial charge on any atom is -0.482 e. The lowest BCUT2D eigenvalue weighted by Crippen LogP contribution is -2.41. The highest BCUT2D eigenvalue weighted by molar-refractivity contribution is 9.10. The number of fused-ring (bicyclic) bond motifs is 1. The Balaban J connectivity index is 1.61. The largest absolute Gasteiger partial charge is 0.482 e. The molecule has 2 aromatic rings. The molecule has 1 aliphatic heterocycles. The second kappa shape index (κ2) is 7.70. The summed E-state index contributed by atoms with van der Waals surface area (Å²) < 4.78 is 6.37. The molecule has 6 heteroatoms. The predicted molar refractivity (Wildman–Crippen MR) is 99.6 cm³/mol. The average molecular weight is 403 g/mol. The quantitative estimate of drug-likeness (QED) is 0.832. The minimum absolute atomic E-state index is 0.00595. The monoisotopic (exact) mass is 402 g/mol. The van der Waals surface area contributed by atoms with Crippen molar-refractivity contribution in [3.63, 3.8) is 0 Å². The van der Waals surface area contributed by atoms with Gasteiger partial charge < -0.3 is 15.0 Å². The van der Waals surface area contributed by atoms with Crippen molar-refractivity contribution in [2.45, 2.75) is 19.4 Å². The molecule has 2 aromatic carbocycles. The van der Waals surface area contributed by atoms with Crippen LogP contribution < -0.4 is 15.0 Å². The Morgan fingerprint density at radius 2 is 1.96 bits per heavy atom. The molecule has 3 rings (SSSR count). The number of benzene rings is 2. The first-order chi connectivity index (χ1) is 12.1. The van der Waals surface area contributed by atoms with Gasteiger partial charge in [-0.05, 0) is 30.7 Å². The van der Waals surface area contributed by atoms with Crippen molar-refractivity contribution in [1.82, 2.24) is 5.32 Å². The standard InChI is InChI=1S/C19H19BrN2O3/c1-13(14-6-2-3-7-15(14)20)21-18(23)10-11-22-16-8-4-5-9-17(16)25-12-19(22)24/h2-9,13H,10-12H2,1H3,(H,21,23). The SMILES string of the molecule is CC(NC(=O)CCN1C(=O)COc2ccccc21)c1ccccc1Br. The van der Waals surface area contributed by atoms with Crippen LogP contribution in [-0.4, -0.2) is 25.0 Å². The average Bonchev–Trinajstić information content (AvgIpc) is 2.61. The number of hydrogen-bond acceptors (Lipinski definition) is 3. The van der Waals surface area contributed by atoms with E-state index in [1.807, 2.05) is 55.5 Å². The molecule has 0 aromatic heterocycles. The number of nitrogens with one attached hydrogen (secondary N) is 1. The molecule has 0 saturated carbocycles. The topological polar surface area (TPSA) is 58.6 Å². The normalized spacial score (nSPS) is 14.5. The molecule has 0 aliphatic carbocycles. The zero-order chi connectivity index (χ0) is 17.8. The summed E-state index contributed by atoms with van der Waals surface area (Å²) in [6, 6.07) is 15.0. The second-order valence-electron chi connectivity index (χ2n) is 5.86. The van der Waals surface area contributed by atoms with Crippen LogP contribution in [0.3, 0.4) is 0 Å². The fourth-order valence-electron chi connectivity index (χ4n) is 2.83. The van der Waals surface area contributed by atoms with Gasteiger partial charge in [-0.3, -0.25) is 9.59 Å². The molecule has 0 saturated heterocycles. The second-order valence-corrected chi connectivity index (χ2v) is 6.72. The number of hydrogen-bond donors (Lipinski definition) is 1. The molecule has 1 atom stereocenters.